The molecule has 0 aliphatic carbocycles. The monoisotopic (exact) mass is 389 g/mol. The van der Waals surface area contributed by atoms with Gasteiger partial charge >= 0.3 is 0 Å². The van der Waals surface area contributed by atoms with Crippen molar-refractivity contribution in [3.63, 3.8) is 0 Å². The fourth-order valence-electron chi connectivity index (χ4n) is 2.09. The van der Waals surface area contributed by atoms with Crippen LogP contribution in [0.25, 0.3) is 16.8 Å². The molecule has 7 heteroatoms. The third kappa shape index (κ3) is 4.18. The Labute approximate surface area is 158 Å². The Bertz CT molecular complexity index is 992. The molecule has 0 aliphatic heterocycles. The van der Waals surface area contributed by atoms with Gasteiger partial charge in [0.1, 0.15) is 22.5 Å². The van der Waals surface area contributed by atoms with Crippen molar-refractivity contribution in [2.45, 2.75) is 0 Å². The first kappa shape index (κ1) is 17.4. The highest BCUT2D eigenvalue weighted by Gasteiger charge is 2.11. The van der Waals surface area contributed by atoms with Crippen LogP contribution in [0.3, 0.4) is 0 Å². The van der Waals surface area contributed by atoms with Crippen molar-refractivity contribution in [2.24, 2.45) is 0 Å². The van der Waals surface area contributed by atoms with Crippen LogP contribution in [0.15, 0.2) is 54.0 Å². The second-order valence-electron chi connectivity index (χ2n) is 4.99. The van der Waals surface area contributed by atoms with Crippen LogP contribution in [0.4, 0.5) is 10.1 Å². The van der Waals surface area contributed by atoms with Crippen LogP contribution in [0, 0.1) is 17.1 Å². The van der Waals surface area contributed by atoms with E-state index in [2.05, 4.69) is 16.4 Å². The predicted octanol–water partition coefficient (Wildman–Crippen LogP) is 6.23. The van der Waals surface area contributed by atoms with Gasteiger partial charge in [-0.3, -0.25) is 0 Å². The summed E-state index contributed by atoms with van der Waals surface area (Å²) >= 11 is 13.4. The number of hydrogen-bond acceptors (Lipinski definition) is 4. The molecule has 0 radical (unpaired) electrons. The molecule has 0 aliphatic rings. The summed E-state index contributed by atoms with van der Waals surface area (Å²) in [5, 5.41) is 15.7. The molecule has 0 saturated heterocycles. The van der Waals surface area contributed by atoms with Crippen molar-refractivity contribution < 1.29 is 4.39 Å². The molecule has 124 valence electrons. The van der Waals surface area contributed by atoms with E-state index in [1.807, 2.05) is 5.38 Å². The lowest BCUT2D eigenvalue weighted by Crippen LogP contribution is -1.91. The van der Waals surface area contributed by atoms with Crippen molar-refractivity contribution in [1.29, 1.82) is 5.26 Å². The van der Waals surface area contributed by atoms with Gasteiger partial charge in [-0.2, -0.15) is 5.26 Å². The van der Waals surface area contributed by atoms with E-state index in [-0.39, 0.29) is 5.82 Å². The second-order valence-corrected chi connectivity index (χ2v) is 6.69. The normalized spacial score (nSPS) is 11.2. The maximum atomic E-state index is 13.2. The molecule has 2 aromatic carbocycles. The number of anilines is 1. The smallest absolute Gasteiger partial charge is 0.136 e. The Morgan fingerprint density at radius 3 is 2.80 bits per heavy atom. The number of thiazole rings is 1. The molecule has 0 atom stereocenters. The van der Waals surface area contributed by atoms with E-state index < -0.39 is 0 Å². The van der Waals surface area contributed by atoms with E-state index in [1.54, 1.807) is 30.3 Å². The topological polar surface area (TPSA) is 48.7 Å². The molecule has 0 spiro atoms. The van der Waals surface area contributed by atoms with Crippen molar-refractivity contribution in [3.8, 4) is 17.3 Å². The first-order chi connectivity index (χ1) is 12.1. The number of rotatable bonds is 4. The number of nitrogens with zero attached hydrogens (tertiary/aromatic N) is 2. The van der Waals surface area contributed by atoms with Crippen LogP contribution in [0.5, 0.6) is 0 Å². The highest BCUT2D eigenvalue weighted by atomic mass is 35.5. The van der Waals surface area contributed by atoms with Crippen LogP contribution < -0.4 is 5.32 Å². The first-order valence-corrected chi connectivity index (χ1v) is 8.74. The molecule has 1 aromatic heterocycles. The highest BCUT2D eigenvalue weighted by molar-refractivity contribution is 7.11. The Hall–Kier alpha value is -2.39. The molecular formula is C18H10Cl2FN3S. The second kappa shape index (κ2) is 7.66. The number of nitrogens with one attached hydrogen (secondary N) is 1. The minimum absolute atomic E-state index is 0.339. The lowest BCUT2D eigenvalue weighted by molar-refractivity contribution is 0.628. The maximum Gasteiger partial charge on any atom is 0.136 e. The Morgan fingerprint density at radius 2 is 2.08 bits per heavy atom. The lowest BCUT2D eigenvalue weighted by atomic mass is 10.2. The summed E-state index contributed by atoms with van der Waals surface area (Å²) in [6.07, 6.45) is 1.50. The van der Waals surface area contributed by atoms with Crippen molar-refractivity contribution >= 4 is 45.8 Å². The van der Waals surface area contributed by atoms with Gasteiger partial charge in [0.2, 0.25) is 0 Å². The fraction of sp³-hybridized carbons (Fsp3) is 0. The minimum atomic E-state index is -0.356. The van der Waals surface area contributed by atoms with E-state index >= 15 is 0 Å². The zero-order chi connectivity index (χ0) is 17.8. The highest BCUT2D eigenvalue weighted by Crippen LogP contribution is 2.32. The number of nitriles is 1. The molecule has 0 fully saturated rings. The molecular weight excluding hydrogens is 380 g/mol. The van der Waals surface area contributed by atoms with Crippen molar-refractivity contribution in [1.82, 2.24) is 4.98 Å². The number of benzene rings is 2. The average molecular weight is 390 g/mol. The number of aromatic nitrogens is 1. The van der Waals surface area contributed by atoms with Gasteiger partial charge in [-0.15, -0.1) is 11.3 Å². The Kier molecular flexibility index (Phi) is 5.34. The molecule has 0 amide bonds. The summed E-state index contributed by atoms with van der Waals surface area (Å²) < 4.78 is 13.2. The van der Waals surface area contributed by atoms with E-state index in [0.29, 0.717) is 32.0 Å². The van der Waals surface area contributed by atoms with Gasteiger partial charge in [-0.1, -0.05) is 29.3 Å². The van der Waals surface area contributed by atoms with Gasteiger partial charge in [-0.25, -0.2) is 9.37 Å². The third-order valence-electron chi connectivity index (χ3n) is 3.27. The Morgan fingerprint density at radius 1 is 1.24 bits per heavy atom. The van der Waals surface area contributed by atoms with Crippen molar-refractivity contribution in [2.75, 3.05) is 5.32 Å². The maximum absolute atomic E-state index is 13.2. The van der Waals surface area contributed by atoms with Gasteiger partial charge in [0.05, 0.1) is 10.7 Å². The van der Waals surface area contributed by atoms with Gasteiger partial charge in [-0.05, 0) is 36.4 Å². The average Bonchev–Trinajstić information content (AvgIpc) is 3.05. The molecule has 3 rings (SSSR count). The fourth-order valence-corrected chi connectivity index (χ4v) is 3.38. The van der Waals surface area contributed by atoms with E-state index in [9.17, 15) is 9.65 Å². The zero-order valence-corrected chi connectivity index (χ0v) is 15.0. The Balaban J connectivity index is 1.86. The number of halogens is 3. The summed E-state index contributed by atoms with van der Waals surface area (Å²) in [6, 6.07) is 13.2. The SMILES string of the molecule is N#C/C(=C\Nc1cccc(F)c1)c1nc(-c2ccc(Cl)cc2Cl)cs1. The largest absolute Gasteiger partial charge is 0.360 e. The van der Waals surface area contributed by atoms with Crippen LogP contribution in [0.2, 0.25) is 10.0 Å². The molecule has 3 nitrogen and oxygen atoms in total. The van der Waals surface area contributed by atoms with E-state index in [4.69, 9.17) is 23.2 Å². The number of allylic oxidation sites excluding steroid dienone is 1. The quantitative estimate of drug-likeness (QED) is 0.537. The molecule has 1 heterocycles. The molecule has 25 heavy (non-hydrogen) atoms. The van der Waals surface area contributed by atoms with Crippen LogP contribution in [-0.4, -0.2) is 4.98 Å². The summed E-state index contributed by atoms with van der Waals surface area (Å²) in [5.41, 5.74) is 2.29. The molecule has 0 bridgehead atoms. The van der Waals surface area contributed by atoms with Crippen molar-refractivity contribution in [3.05, 3.63) is 74.9 Å². The molecule has 0 unspecified atom stereocenters. The van der Waals surface area contributed by atoms with Gasteiger partial charge in [0.25, 0.3) is 0 Å². The standard InChI is InChI=1S/C18H10Cl2FN3S/c19-12-4-5-15(16(20)6-12)17-10-25-18(24-17)11(8-22)9-23-14-3-1-2-13(21)7-14/h1-7,9-10,23H/b11-9+. The van der Waals surface area contributed by atoms with E-state index in [0.717, 1.165) is 5.56 Å². The van der Waals surface area contributed by atoms with Gasteiger partial charge < -0.3 is 5.32 Å². The summed E-state index contributed by atoms with van der Waals surface area (Å²) in [7, 11) is 0. The predicted molar refractivity (Wildman–Crippen MR) is 101 cm³/mol. The zero-order valence-electron chi connectivity index (χ0n) is 12.6. The minimum Gasteiger partial charge on any atom is -0.360 e. The summed E-state index contributed by atoms with van der Waals surface area (Å²) in [5.74, 6) is -0.356. The van der Waals surface area contributed by atoms with Crippen LogP contribution in [-0.2, 0) is 0 Å². The first-order valence-electron chi connectivity index (χ1n) is 7.10. The summed E-state index contributed by atoms with van der Waals surface area (Å²) in [4.78, 5) is 4.46. The van der Waals surface area contributed by atoms with Gasteiger partial charge in [0.15, 0.2) is 0 Å². The molecule has 0 saturated carbocycles. The molecule has 1 N–H and O–H groups in total. The third-order valence-corrected chi connectivity index (χ3v) is 4.69. The molecule has 3 aromatic rings. The van der Waals surface area contributed by atoms with Gasteiger partial charge in [0, 0.05) is 27.9 Å². The lowest BCUT2D eigenvalue weighted by Gasteiger charge is -2.02. The number of hydrogen-bond donors (Lipinski definition) is 1. The summed E-state index contributed by atoms with van der Waals surface area (Å²) in [6.45, 7) is 0. The van der Waals surface area contributed by atoms with E-state index in [1.165, 1.54) is 29.7 Å². The van der Waals surface area contributed by atoms with Crippen LogP contribution in [0.1, 0.15) is 5.01 Å². The van der Waals surface area contributed by atoms with Crippen LogP contribution >= 0.6 is 34.5 Å².